The molecule has 1 aromatic heterocycles. The number of fused-ring (bicyclic) bond motifs is 3. The van der Waals surface area contributed by atoms with Crippen molar-refractivity contribution in [2.75, 3.05) is 13.2 Å². The SMILES string of the molecule is CCCCCCC(C)(C)c1cc(OCCCO)c2c(c1)OC(C)(C)c1cnn(CC)c1-2. The molecule has 5 nitrogen and oxygen atoms in total. The van der Waals surface area contributed by atoms with E-state index in [9.17, 15) is 5.11 Å². The van der Waals surface area contributed by atoms with Crippen LogP contribution in [0, 0.1) is 0 Å². The van der Waals surface area contributed by atoms with Gasteiger partial charge >= 0.3 is 0 Å². The van der Waals surface area contributed by atoms with Crippen molar-refractivity contribution in [1.82, 2.24) is 9.78 Å². The van der Waals surface area contributed by atoms with Crippen molar-refractivity contribution in [3.8, 4) is 22.8 Å². The van der Waals surface area contributed by atoms with Crippen molar-refractivity contribution in [2.24, 2.45) is 0 Å². The molecular formula is C26H40N2O3. The lowest BCUT2D eigenvalue weighted by atomic mass is 9.78. The van der Waals surface area contributed by atoms with Gasteiger partial charge in [-0.3, -0.25) is 4.68 Å². The molecule has 1 aliphatic rings. The molecule has 0 fully saturated rings. The molecule has 1 aromatic carbocycles. The summed E-state index contributed by atoms with van der Waals surface area (Å²) >= 11 is 0. The highest BCUT2D eigenvalue weighted by molar-refractivity contribution is 5.80. The van der Waals surface area contributed by atoms with Crippen molar-refractivity contribution in [3.05, 3.63) is 29.5 Å². The fraction of sp³-hybridized carbons (Fsp3) is 0.654. The number of ether oxygens (including phenoxy) is 2. The maximum atomic E-state index is 9.26. The number of aliphatic hydroxyl groups excluding tert-OH is 1. The second-order valence-corrected chi connectivity index (χ2v) is 9.80. The van der Waals surface area contributed by atoms with Gasteiger partial charge in [-0.2, -0.15) is 5.10 Å². The van der Waals surface area contributed by atoms with Crippen molar-refractivity contribution in [1.29, 1.82) is 0 Å². The predicted octanol–water partition coefficient (Wildman–Crippen LogP) is 6.21. The lowest BCUT2D eigenvalue weighted by molar-refractivity contribution is 0.104. The van der Waals surface area contributed by atoms with E-state index in [1.807, 2.05) is 10.9 Å². The molecule has 3 rings (SSSR count). The van der Waals surface area contributed by atoms with Crippen molar-refractivity contribution in [3.63, 3.8) is 0 Å². The standard InChI is InChI=1S/C26H40N2O3/c1-7-9-10-11-13-25(3,4)19-16-21(30-15-12-14-29)23-22(17-19)31-26(5,6)20-18-27-28(8-2)24(20)23/h16-18,29H,7-15H2,1-6H3. The Hall–Kier alpha value is -2.01. The third-order valence-electron chi connectivity index (χ3n) is 6.45. The van der Waals surface area contributed by atoms with Gasteiger partial charge in [0.2, 0.25) is 0 Å². The number of benzene rings is 1. The number of aryl methyl sites for hydroxylation is 1. The van der Waals surface area contributed by atoms with E-state index >= 15 is 0 Å². The predicted molar refractivity (Wildman–Crippen MR) is 126 cm³/mol. The lowest BCUT2D eigenvalue weighted by Crippen LogP contribution is -2.30. The average Bonchev–Trinajstić information content (AvgIpc) is 3.16. The van der Waals surface area contributed by atoms with Crippen molar-refractivity contribution >= 4 is 0 Å². The minimum Gasteiger partial charge on any atom is -0.493 e. The molecule has 172 valence electrons. The Labute approximate surface area is 187 Å². The highest BCUT2D eigenvalue weighted by atomic mass is 16.5. The van der Waals surface area contributed by atoms with Crippen LogP contribution in [0.3, 0.4) is 0 Å². The van der Waals surface area contributed by atoms with Crippen LogP contribution in [0.2, 0.25) is 0 Å². The summed E-state index contributed by atoms with van der Waals surface area (Å²) in [4.78, 5) is 0. The van der Waals surface area contributed by atoms with Gasteiger partial charge in [0.25, 0.3) is 0 Å². The smallest absolute Gasteiger partial charge is 0.134 e. The summed E-state index contributed by atoms with van der Waals surface area (Å²) in [5.41, 5.74) is 3.96. The van der Waals surface area contributed by atoms with Gasteiger partial charge < -0.3 is 14.6 Å². The molecule has 1 aliphatic heterocycles. The van der Waals surface area contributed by atoms with E-state index in [-0.39, 0.29) is 12.0 Å². The highest BCUT2D eigenvalue weighted by Gasteiger charge is 2.38. The molecule has 0 bridgehead atoms. The number of rotatable bonds is 11. The normalized spacial score (nSPS) is 14.7. The highest BCUT2D eigenvalue weighted by Crippen LogP contribution is 2.51. The second kappa shape index (κ2) is 9.64. The summed E-state index contributed by atoms with van der Waals surface area (Å²) in [6, 6.07) is 4.40. The molecule has 2 aromatic rings. The fourth-order valence-corrected chi connectivity index (χ4v) is 4.45. The Kier molecular flexibility index (Phi) is 7.35. The van der Waals surface area contributed by atoms with Gasteiger partial charge in [-0.1, -0.05) is 46.5 Å². The van der Waals surface area contributed by atoms with Crippen LogP contribution >= 0.6 is 0 Å². The van der Waals surface area contributed by atoms with Crippen LogP contribution in [0.25, 0.3) is 11.3 Å². The quantitative estimate of drug-likeness (QED) is 0.433. The zero-order valence-corrected chi connectivity index (χ0v) is 20.3. The number of nitrogens with zero attached hydrogens (tertiary/aromatic N) is 2. The molecule has 0 aliphatic carbocycles. The number of aromatic nitrogens is 2. The third kappa shape index (κ3) is 4.92. The van der Waals surface area contributed by atoms with Crippen LogP contribution in [-0.2, 0) is 17.6 Å². The first-order valence-corrected chi connectivity index (χ1v) is 11.9. The third-order valence-corrected chi connectivity index (χ3v) is 6.45. The van der Waals surface area contributed by atoms with Gasteiger partial charge in [-0.05, 0) is 50.3 Å². The first-order valence-electron chi connectivity index (χ1n) is 11.9. The summed E-state index contributed by atoms with van der Waals surface area (Å²) < 4.78 is 14.8. The molecule has 31 heavy (non-hydrogen) atoms. The molecule has 0 unspecified atom stereocenters. The van der Waals surface area contributed by atoms with E-state index < -0.39 is 5.60 Å². The molecule has 0 atom stereocenters. The number of unbranched alkanes of at least 4 members (excludes halogenated alkanes) is 3. The second-order valence-electron chi connectivity index (χ2n) is 9.80. The lowest BCUT2D eigenvalue weighted by Gasteiger charge is -2.35. The van der Waals surface area contributed by atoms with Gasteiger partial charge in [-0.25, -0.2) is 0 Å². The number of aliphatic hydroxyl groups is 1. The van der Waals surface area contributed by atoms with Crippen LogP contribution in [-0.4, -0.2) is 28.1 Å². The maximum Gasteiger partial charge on any atom is 0.134 e. The largest absolute Gasteiger partial charge is 0.493 e. The average molecular weight is 429 g/mol. The Morgan fingerprint density at radius 1 is 1.13 bits per heavy atom. The molecule has 0 saturated heterocycles. The van der Waals surface area contributed by atoms with Gasteiger partial charge in [-0.15, -0.1) is 0 Å². The monoisotopic (exact) mass is 428 g/mol. The summed E-state index contributed by atoms with van der Waals surface area (Å²) in [7, 11) is 0. The Bertz CT molecular complexity index is 883. The van der Waals surface area contributed by atoms with Gasteiger partial charge in [0.05, 0.1) is 24.1 Å². The zero-order valence-electron chi connectivity index (χ0n) is 20.3. The molecule has 1 N–H and O–H groups in total. The molecule has 0 spiro atoms. The zero-order chi connectivity index (χ0) is 22.6. The molecule has 5 heteroatoms. The van der Waals surface area contributed by atoms with Gasteiger partial charge in [0.1, 0.15) is 17.1 Å². The van der Waals surface area contributed by atoms with E-state index in [0.29, 0.717) is 13.0 Å². The molecular weight excluding hydrogens is 388 g/mol. The minimum atomic E-state index is -0.456. The molecule has 0 amide bonds. The molecule has 0 saturated carbocycles. The van der Waals surface area contributed by atoms with E-state index in [4.69, 9.17) is 9.47 Å². The first kappa shape index (κ1) is 23.6. The Balaban J connectivity index is 2.07. The molecule has 0 radical (unpaired) electrons. The van der Waals surface area contributed by atoms with Crippen LogP contribution in [0.5, 0.6) is 11.5 Å². The number of hydrogen-bond donors (Lipinski definition) is 1. The summed E-state index contributed by atoms with van der Waals surface area (Å²) in [5.74, 6) is 1.69. The van der Waals surface area contributed by atoms with Crippen LogP contribution < -0.4 is 9.47 Å². The van der Waals surface area contributed by atoms with Crippen LogP contribution in [0.15, 0.2) is 18.3 Å². The number of hydrogen-bond acceptors (Lipinski definition) is 4. The minimum absolute atomic E-state index is 0.0244. The molecule has 2 heterocycles. The summed E-state index contributed by atoms with van der Waals surface area (Å²) in [5, 5.41) is 13.9. The Morgan fingerprint density at radius 3 is 2.58 bits per heavy atom. The van der Waals surface area contributed by atoms with Crippen LogP contribution in [0.4, 0.5) is 0 Å². The first-order chi connectivity index (χ1) is 14.7. The van der Waals surface area contributed by atoms with E-state index in [2.05, 4.69) is 58.8 Å². The van der Waals surface area contributed by atoms with E-state index in [0.717, 1.165) is 41.3 Å². The van der Waals surface area contributed by atoms with Crippen molar-refractivity contribution in [2.45, 2.75) is 97.6 Å². The summed E-state index contributed by atoms with van der Waals surface area (Å²) in [6.45, 7) is 14.6. The van der Waals surface area contributed by atoms with Gasteiger partial charge in [0.15, 0.2) is 0 Å². The Morgan fingerprint density at radius 2 is 1.90 bits per heavy atom. The van der Waals surface area contributed by atoms with E-state index in [1.165, 1.54) is 31.2 Å². The topological polar surface area (TPSA) is 56.5 Å². The van der Waals surface area contributed by atoms with E-state index in [1.54, 1.807) is 0 Å². The van der Waals surface area contributed by atoms with Crippen molar-refractivity contribution < 1.29 is 14.6 Å². The van der Waals surface area contributed by atoms with Crippen LogP contribution in [0.1, 0.15) is 91.2 Å². The summed E-state index contributed by atoms with van der Waals surface area (Å²) in [6.07, 6.45) is 8.68. The fourth-order valence-electron chi connectivity index (χ4n) is 4.45. The maximum absolute atomic E-state index is 9.26. The van der Waals surface area contributed by atoms with Gasteiger partial charge in [0, 0.05) is 25.1 Å².